The van der Waals surface area contributed by atoms with Crippen LogP contribution < -0.4 is 9.47 Å². The van der Waals surface area contributed by atoms with Gasteiger partial charge >= 0.3 is 6.18 Å². The van der Waals surface area contributed by atoms with Gasteiger partial charge in [-0.15, -0.1) is 10.2 Å². The van der Waals surface area contributed by atoms with Crippen molar-refractivity contribution in [2.75, 3.05) is 0 Å². The number of hydrogen-bond acceptors (Lipinski definition) is 5. The van der Waals surface area contributed by atoms with Crippen molar-refractivity contribution in [1.82, 2.24) is 19.6 Å². The average molecular weight is 534 g/mol. The fraction of sp³-hybridized carbons (Fsp3) is 0.105. The summed E-state index contributed by atoms with van der Waals surface area (Å²) in [5.74, 6) is 0.852. The lowest BCUT2D eigenvalue weighted by Gasteiger charge is -2.13. The van der Waals surface area contributed by atoms with Gasteiger partial charge < -0.3 is 9.47 Å². The molecular formula is C19H10BrCl2F3N4O2. The Morgan fingerprint density at radius 1 is 1.00 bits per heavy atom. The van der Waals surface area contributed by atoms with E-state index in [1.807, 2.05) is 0 Å². The predicted octanol–water partition coefficient (Wildman–Crippen LogP) is 6.58. The third-order valence-electron chi connectivity index (χ3n) is 4.07. The topological polar surface area (TPSA) is 61.5 Å². The Bertz CT molecular complexity index is 1270. The van der Waals surface area contributed by atoms with Crippen LogP contribution in [-0.4, -0.2) is 19.6 Å². The van der Waals surface area contributed by atoms with E-state index >= 15 is 0 Å². The number of aromatic nitrogens is 4. The molecule has 2 heterocycles. The summed E-state index contributed by atoms with van der Waals surface area (Å²) in [6.45, 7) is 0.150. The van der Waals surface area contributed by atoms with Crippen molar-refractivity contribution in [1.29, 1.82) is 0 Å². The second-order valence-corrected chi connectivity index (χ2v) is 7.72. The van der Waals surface area contributed by atoms with E-state index in [0.29, 0.717) is 22.0 Å². The lowest BCUT2D eigenvalue weighted by Crippen LogP contribution is -2.06. The van der Waals surface area contributed by atoms with Gasteiger partial charge in [0.2, 0.25) is 10.6 Å². The van der Waals surface area contributed by atoms with Gasteiger partial charge in [-0.05, 0) is 51.8 Å². The first-order valence-electron chi connectivity index (χ1n) is 8.54. The molecule has 0 amide bonds. The molecule has 0 spiro atoms. The van der Waals surface area contributed by atoms with E-state index in [0.717, 1.165) is 12.1 Å². The SMILES string of the molecule is FC(F)(F)c1cc(Oc2ccc(COc3ccn4c(Br)nnc4n3)cc2Cl)ccc1Cl. The van der Waals surface area contributed by atoms with Crippen LogP contribution in [0.3, 0.4) is 0 Å². The maximum absolute atomic E-state index is 13.0. The molecule has 31 heavy (non-hydrogen) atoms. The smallest absolute Gasteiger partial charge is 0.417 e. The molecule has 0 unspecified atom stereocenters. The Morgan fingerprint density at radius 3 is 2.55 bits per heavy atom. The van der Waals surface area contributed by atoms with E-state index in [9.17, 15) is 13.2 Å². The maximum atomic E-state index is 13.0. The van der Waals surface area contributed by atoms with E-state index in [2.05, 4.69) is 31.1 Å². The molecule has 0 fully saturated rings. The third-order valence-corrected chi connectivity index (χ3v) is 5.23. The van der Waals surface area contributed by atoms with Gasteiger partial charge in [-0.1, -0.05) is 29.3 Å². The van der Waals surface area contributed by atoms with Gasteiger partial charge in [0, 0.05) is 12.3 Å². The van der Waals surface area contributed by atoms with Crippen LogP contribution in [0.15, 0.2) is 53.4 Å². The van der Waals surface area contributed by atoms with Gasteiger partial charge in [-0.25, -0.2) is 0 Å². The molecule has 2 aromatic carbocycles. The number of halogens is 6. The zero-order chi connectivity index (χ0) is 22.2. The summed E-state index contributed by atoms with van der Waals surface area (Å²) in [6.07, 6.45) is -2.89. The molecule has 0 aliphatic rings. The van der Waals surface area contributed by atoms with Crippen LogP contribution in [-0.2, 0) is 12.8 Å². The van der Waals surface area contributed by atoms with Gasteiger partial charge in [0.1, 0.15) is 18.1 Å². The monoisotopic (exact) mass is 532 g/mol. The molecule has 0 radical (unpaired) electrons. The van der Waals surface area contributed by atoms with Crippen LogP contribution in [0.25, 0.3) is 5.78 Å². The largest absolute Gasteiger partial charge is 0.473 e. The molecule has 12 heteroatoms. The van der Waals surface area contributed by atoms with Gasteiger partial charge in [-0.2, -0.15) is 18.2 Å². The average Bonchev–Trinajstić information content (AvgIpc) is 3.09. The number of ether oxygens (including phenoxy) is 2. The fourth-order valence-corrected chi connectivity index (χ4v) is 3.43. The highest BCUT2D eigenvalue weighted by molar-refractivity contribution is 9.10. The Hall–Kier alpha value is -2.56. The van der Waals surface area contributed by atoms with E-state index < -0.39 is 16.8 Å². The zero-order valence-corrected chi connectivity index (χ0v) is 18.3. The Morgan fingerprint density at radius 2 is 1.81 bits per heavy atom. The molecule has 2 aromatic heterocycles. The van der Waals surface area contributed by atoms with Crippen LogP contribution in [0.2, 0.25) is 10.0 Å². The van der Waals surface area contributed by atoms with Crippen LogP contribution in [0, 0.1) is 0 Å². The van der Waals surface area contributed by atoms with Crippen molar-refractivity contribution in [2.24, 2.45) is 0 Å². The highest BCUT2D eigenvalue weighted by Gasteiger charge is 2.33. The van der Waals surface area contributed by atoms with Gasteiger partial charge in [0.15, 0.2) is 0 Å². The van der Waals surface area contributed by atoms with Gasteiger partial charge in [0.05, 0.1) is 15.6 Å². The van der Waals surface area contributed by atoms with E-state index in [1.165, 1.54) is 12.1 Å². The zero-order valence-electron chi connectivity index (χ0n) is 15.2. The molecule has 160 valence electrons. The number of fused-ring (bicyclic) bond motifs is 1. The molecule has 0 atom stereocenters. The van der Waals surface area contributed by atoms with Gasteiger partial charge in [-0.3, -0.25) is 4.40 Å². The number of hydrogen-bond donors (Lipinski definition) is 0. The lowest BCUT2D eigenvalue weighted by atomic mass is 10.2. The van der Waals surface area contributed by atoms with Crippen LogP contribution >= 0.6 is 39.1 Å². The molecule has 4 aromatic rings. The summed E-state index contributed by atoms with van der Waals surface area (Å²) in [5.41, 5.74) is -0.286. The summed E-state index contributed by atoms with van der Waals surface area (Å²) in [4.78, 5) is 4.22. The molecule has 6 nitrogen and oxygen atoms in total. The van der Waals surface area contributed by atoms with Crippen LogP contribution in [0.5, 0.6) is 17.4 Å². The minimum absolute atomic E-state index is 0.0420. The van der Waals surface area contributed by atoms with E-state index in [1.54, 1.807) is 28.8 Å². The molecule has 0 saturated carbocycles. The van der Waals surface area contributed by atoms with Crippen LogP contribution in [0.4, 0.5) is 13.2 Å². The number of benzene rings is 2. The van der Waals surface area contributed by atoms with Crippen molar-refractivity contribution in [3.8, 4) is 17.4 Å². The summed E-state index contributed by atoms with van der Waals surface area (Å²) in [7, 11) is 0. The van der Waals surface area contributed by atoms with Crippen molar-refractivity contribution in [2.45, 2.75) is 12.8 Å². The predicted molar refractivity (Wildman–Crippen MR) is 111 cm³/mol. The maximum Gasteiger partial charge on any atom is 0.417 e. The van der Waals surface area contributed by atoms with Crippen molar-refractivity contribution < 1.29 is 22.6 Å². The van der Waals surface area contributed by atoms with E-state index in [-0.39, 0.29) is 23.1 Å². The Labute approximate surface area is 191 Å². The Kier molecular flexibility index (Phi) is 5.96. The molecule has 0 N–H and O–H groups in total. The summed E-state index contributed by atoms with van der Waals surface area (Å²) >= 11 is 15.1. The fourth-order valence-electron chi connectivity index (χ4n) is 2.61. The standard InChI is InChI=1S/C19H10BrCl2F3N4O2/c20-17-27-28-18-26-16(5-6-29(17)18)30-9-10-1-4-15(14(22)7-10)31-11-2-3-13(21)12(8-11)19(23,24)25/h1-8H,9H2. The molecular weight excluding hydrogens is 524 g/mol. The van der Waals surface area contributed by atoms with Crippen LogP contribution in [0.1, 0.15) is 11.1 Å². The first kappa shape index (κ1) is 21.7. The first-order chi connectivity index (χ1) is 14.7. The number of alkyl halides is 3. The third kappa shape index (κ3) is 4.86. The minimum Gasteiger partial charge on any atom is -0.473 e. The quantitative estimate of drug-likeness (QED) is 0.290. The number of nitrogens with zero attached hydrogens (tertiary/aromatic N) is 4. The van der Waals surface area contributed by atoms with Crippen molar-refractivity contribution in [3.63, 3.8) is 0 Å². The highest BCUT2D eigenvalue weighted by Crippen LogP contribution is 2.38. The number of rotatable bonds is 5. The molecule has 0 aliphatic carbocycles. The Balaban J connectivity index is 1.46. The van der Waals surface area contributed by atoms with Crippen molar-refractivity contribution in [3.05, 3.63) is 74.6 Å². The molecule has 4 rings (SSSR count). The first-order valence-corrected chi connectivity index (χ1v) is 10.1. The summed E-state index contributed by atoms with van der Waals surface area (Å²) < 4.78 is 52.3. The van der Waals surface area contributed by atoms with E-state index in [4.69, 9.17) is 32.7 Å². The van der Waals surface area contributed by atoms with Gasteiger partial charge in [0.25, 0.3) is 5.78 Å². The minimum atomic E-state index is -4.60. The second kappa shape index (κ2) is 8.52. The summed E-state index contributed by atoms with van der Waals surface area (Å²) in [5, 5.41) is 7.52. The molecule has 0 bridgehead atoms. The second-order valence-electron chi connectivity index (χ2n) is 6.20. The lowest BCUT2D eigenvalue weighted by molar-refractivity contribution is -0.137. The van der Waals surface area contributed by atoms with Crippen molar-refractivity contribution >= 4 is 44.9 Å². The normalized spacial score (nSPS) is 11.7. The highest BCUT2D eigenvalue weighted by atomic mass is 79.9. The summed E-state index contributed by atoms with van der Waals surface area (Å²) in [6, 6.07) is 9.72. The molecule has 0 aliphatic heterocycles. The molecule has 0 saturated heterocycles.